The van der Waals surface area contributed by atoms with Crippen molar-refractivity contribution >= 4 is 6.21 Å². The summed E-state index contributed by atoms with van der Waals surface area (Å²) in [6, 6.07) is 23.3. The molecule has 0 saturated carbocycles. The lowest BCUT2D eigenvalue weighted by atomic mass is 10.2. The molecule has 1 fully saturated rings. The maximum Gasteiger partial charge on any atom is 0.0913 e. The van der Waals surface area contributed by atoms with E-state index in [2.05, 4.69) is 69.5 Å². The Morgan fingerprint density at radius 1 is 0.864 bits per heavy atom. The van der Waals surface area contributed by atoms with E-state index in [1.165, 1.54) is 5.56 Å². The van der Waals surface area contributed by atoms with Crippen LogP contribution >= 0.6 is 0 Å². The number of rotatable bonds is 4. The van der Waals surface area contributed by atoms with Gasteiger partial charge in [0.25, 0.3) is 0 Å². The van der Waals surface area contributed by atoms with E-state index in [0.717, 1.165) is 17.8 Å². The van der Waals surface area contributed by atoms with Gasteiger partial charge in [0.15, 0.2) is 0 Å². The zero-order chi connectivity index (χ0) is 14.8. The van der Waals surface area contributed by atoms with Crippen molar-refractivity contribution in [2.45, 2.75) is 6.04 Å². The van der Waals surface area contributed by atoms with Crippen LogP contribution in [0.3, 0.4) is 0 Å². The Morgan fingerprint density at radius 3 is 2.41 bits per heavy atom. The van der Waals surface area contributed by atoms with Gasteiger partial charge >= 0.3 is 0 Å². The molecule has 22 heavy (non-hydrogen) atoms. The second kappa shape index (κ2) is 5.53. The molecule has 1 atom stereocenters. The summed E-state index contributed by atoms with van der Waals surface area (Å²) in [5.74, 6) is 0. The van der Waals surface area contributed by atoms with Crippen LogP contribution in [-0.2, 0) is 0 Å². The molecule has 4 rings (SSSR count). The SMILES string of the molecule is C(=N\N1CC1c1ccccc1)/c1ccccc1-n1cccc1. The van der Waals surface area contributed by atoms with Crippen molar-refractivity contribution in [2.24, 2.45) is 5.10 Å². The minimum Gasteiger partial charge on any atom is -0.323 e. The third-order valence-corrected chi connectivity index (χ3v) is 3.94. The third kappa shape index (κ3) is 2.53. The van der Waals surface area contributed by atoms with Crippen LogP contribution in [0.15, 0.2) is 84.2 Å². The van der Waals surface area contributed by atoms with Crippen LogP contribution in [0.5, 0.6) is 0 Å². The van der Waals surface area contributed by atoms with Gasteiger partial charge in [0, 0.05) is 18.0 Å². The van der Waals surface area contributed by atoms with Crippen LogP contribution in [0.2, 0.25) is 0 Å². The summed E-state index contributed by atoms with van der Waals surface area (Å²) < 4.78 is 2.11. The van der Waals surface area contributed by atoms with Crippen LogP contribution < -0.4 is 0 Å². The van der Waals surface area contributed by atoms with E-state index < -0.39 is 0 Å². The average molecular weight is 287 g/mol. The Kier molecular flexibility index (Phi) is 3.24. The second-order valence-electron chi connectivity index (χ2n) is 5.44. The van der Waals surface area contributed by atoms with Crippen molar-refractivity contribution in [3.05, 3.63) is 90.3 Å². The molecular weight excluding hydrogens is 270 g/mol. The van der Waals surface area contributed by atoms with E-state index in [9.17, 15) is 0 Å². The minimum atomic E-state index is 0.427. The lowest BCUT2D eigenvalue weighted by molar-refractivity contribution is 0.556. The molecule has 1 saturated heterocycles. The van der Waals surface area contributed by atoms with Gasteiger partial charge in [-0.05, 0) is 23.8 Å². The first-order chi connectivity index (χ1) is 10.9. The number of hydrogen-bond donors (Lipinski definition) is 0. The molecule has 1 aromatic heterocycles. The smallest absolute Gasteiger partial charge is 0.0913 e. The van der Waals surface area contributed by atoms with Crippen molar-refractivity contribution in [3.63, 3.8) is 0 Å². The topological polar surface area (TPSA) is 20.3 Å². The molecule has 3 aromatic rings. The van der Waals surface area contributed by atoms with E-state index in [0.29, 0.717) is 6.04 Å². The lowest BCUT2D eigenvalue weighted by Crippen LogP contribution is -1.97. The molecule has 0 aliphatic carbocycles. The van der Waals surface area contributed by atoms with Crippen molar-refractivity contribution in [1.29, 1.82) is 0 Å². The Bertz CT molecular complexity index is 775. The summed E-state index contributed by atoms with van der Waals surface area (Å²) in [5, 5.41) is 6.74. The van der Waals surface area contributed by atoms with E-state index in [1.54, 1.807) is 0 Å². The number of hydrazone groups is 1. The monoisotopic (exact) mass is 287 g/mol. The van der Waals surface area contributed by atoms with Gasteiger partial charge < -0.3 is 4.57 Å². The van der Waals surface area contributed by atoms with E-state index in [1.807, 2.05) is 30.5 Å². The molecule has 0 radical (unpaired) electrons. The van der Waals surface area contributed by atoms with Gasteiger partial charge in [0.2, 0.25) is 0 Å². The fourth-order valence-electron chi connectivity index (χ4n) is 2.67. The highest BCUT2D eigenvalue weighted by Crippen LogP contribution is 2.34. The van der Waals surface area contributed by atoms with Crippen molar-refractivity contribution in [1.82, 2.24) is 9.58 Å². The second-order valence-corrected chi connectivity index (χ2v) is 5.44. The summed E-state index contributed by atoms with van der Waals surface area (Å²) in [5.41, 5.74) is 3.60. The summed E-state index contributed by atoms with van der Waals surface area (Å²) in [6.07, 6.45) is 6.06. The average Bonchev–Trinajstić information content (AvgIpc) is 3.15. The molecule has 2 heterocycles. The molecular formula is C19H17N3. The van der Waals surface area contributed by atoms with Gasteiger partial charge in [-0.3, -0.25) is 5.01 Å². The Morgan fingerprint density at radius 2 is 1.59 bits per heavy atom. The summed E-state index contributed by atoms with van der Waals surface area (Å²) in [4.78, 5) is 0. The van der Waals surface area contributed by atoms with Gasteiger partial charge in [-0.15, -0.1) is 0 Å². The van der Waals surface area contributed by atoms with Gasteiger partial charge in [-0.25, -0.2) is 0 Å². The first-order valence-corrected chi connectivity index (χ1v) is 7.50. The van der Waals surface area contributed by atoms with Crippen LogP contribution in [-0.4, -0.2) is 22.3 Å². The van der Waals surface area contributed by atoms with Gasteiger partial charge in [0.05, 0.1) is 24.5 Å². The molecule has 0 N–H and O–H groups in total. The van der Waals surface area contributed by atoms with Gasteiger partial charge in [-0.2, -0.15) is 5.10 Å². The predicted molar refractivity (Wildman–Crippen MR) is 89.3 cm³/mol. The Hall–Kier alpha value is -2.81. The number of para-hydroxylation sites is 1. The molecule has 0 spiro atoms. The highest BCUT2D eigenvalue weighted by molar-refractivity contribution is 5.84. The number of nitrogens with zero attached hydrogens (tertiary/aromatic N) is 3. The van der Waals surface area contributed by atoms with Crippen LogP contribution in [0.1, 0.15) is 17.2 Å². The summed E-state index contributed by atoms with van der Waals surface area (Å²) >= 11 is 0. The molecule has 0 amide bonds. The highest BCUT2D eigenvalue weighted by Gasteiger charge is 2.33. The number of aromatic nitrogens is 1. The molecule has 0 bridgehead atoms. The van der Waals surface area contributed by atoms with Crippen LogP contribution in [0, 0.1) is 0 Å². The third-order valence-electron chi connectivity index (χ3n) is 3.94. The molecule has 1 unspecified atom stereocenters. The predicted octanol–water partition coefficient (Wildman–Crippen LogP) is 3.87. The van der Waals surface area contributed by atoms with E-state index >= 15 is 0 Å². The van der Waals surface area contributed by atoms with Crippen molar-refractivity contribution < 1.29 is 0 Å². The fourth-order valence-corrected chi connectivity index (χ4v) is 2.67. The minimum absolute atomic E-state index is 0.427. The molecule has 108 valence electrons. The standard InChI is InChI=1S/C19H17N3/c1-2-8-16(9-3-1)19-15-22(19)20-14-17-10-4-5-11-18(17)21-12-6-7-13-21/h1-14,19H,15H2/b20-14+. The maximum absolute atomic E-state index is 4.63. The Labute approximate surface area is 130 Å². The molecule has 3 nitrogen and oxygen atoms in total. The molecule has 1 aliphatic rings. The van der Waals surface area contributed by atoms with E-state index in [4.69, 9.17) is 0 Å². The number of hydrogen-bond acceptors (Lipinski definition) is 2. The zero-order valence-electron chi connectivity index (χ0n) is 12.2. The van der Waals surface area contributed by atoms with Gasteiger partial charge in [0.1, 0.15) is 0 Å². The molecule has 1 aliphatic heterocycles. The normalized spacial score (nSPS) is 17.1. The highest BCUT2D eigenvalue weighted by atomic mass is 15.6. The first-order valence-electron chi connectivity index (χ1n) is 7.50. The van der Waals surface area contributed by atoms with Crippen LogP contribution in [0.25, 0.3) is 5.69 Å². The van der Waals surface area contributed by atoms with E-state index in [-0.39, 0.29) is 0 Å². The van der Waals surface area contributed by atoms with Crippen molar-refractivity contribution in [3.8, 4) is 5.69 Å². The maximum atomic E-state index is 4.63. The van der Waals surface area contributed by atoms with Crippen molar-refractivity contribution in [2.75, 3.05) is 6.54 Å². The summed E-state index contributed by atoms with van der Waals surface area (Å²) in [6.45, 7) is 0.992. The Balaban J connectivity index is 1.53. The first kappa shape index (κ1) is 12.9. The number of benzene rings is 2. The van der Waals surface area contributed by atoms with Gasteiger partial charge in [-0.1, -0.05) is 48.5 Å². The molecule has 3 heteroatoms. The fraction of sp³-hybridized carbons (Fsp3) is 0.105. The quantitative estimate of drug-likeness (QED) is 0.527. The molecule has 2 aromatic carbocycles. The largest absolute Gasteiger partial charge is 0.323 e. The van der Waals surface area contributed by atoms with Crippen LogP contribution in [0.4, 0.5) is 0 Å². The lowest BCUT2D eigenvalue weighted by Gasteiger charge is -2.06. The zero-order valence-corrected chi connectivity index (χ0v) is 12.2. The summed E-state index contributed by atoms with van der Waals surface area (Å²) in [7, 11) is 0.